The van der Waals surface area contributed by atoms with Crippen molar-refractivity contribution in [3.05, 3.63) is 21.3 Å². The lowest BCUT2D eigenvalue weighted by Gasteiger charge is -2.34. The second kappa shape index (κ2) is 7.74. The number of piperidine rings is 1. The molecule has 0 aromatic carbocycles. The van der Waals surface area contributed by atoms with E-state index in [0.717, 1.165) is 22.1 Å². The zero-order chi connectivity index (χ0) is 17.9. The molecule has 5 nitrogen and oxygen atoms in total. The largest absolute Gasteiger partial charge is 0.444 e. The van der Waals surface area contributed by atoms with Gasteiger partial charge in [-0.05, 0) is 45.7 Å². The number of carbonyl (C=O) groups excluding carboxylic acids is 2. The number of rotatable bonds is 3. The topological polar surface area (TPSA) is 49.9 Å². The van der Waals surface area contributed by atoms with Gasteiger partial charge in [-0.25, -0.2) is 4.79 Å². The minimum absolute atomic E-state index is 0.0628. The molecule has 2 amide bonds. The van der Waals surface area contributed by atoms with Gasteiger partial charge in [0.1, 0.15) is 5.60 Å². The Labute approximate surface area is 152 Å². The van der Waals surface area contributed by atoms with Crippen molar-refractivity contribution in [2.75, 3.05) is 20.1 Å². The average Bonchev–Trinajstić information content (AvgIpc) is 2.90. The van der Waals surface area contributed by atoms with Crippen molar-refractivity contribution in [2.24, 2.45) is 5.92 Å². The van der Waals surface area contributed by atoms with E-state index in [9.17, 15) is 9.59 Å². The van der Waals surface area contributed by atoms with Crippen LogP contribution in [0, 0.1) is 5.92 Å². The van der Waals surface area contributed by atoms with Gasteiger partial charge < -0.3 is 14.5 Å². The van der Waals surface area contributed by atoms with Gasteiger partial charge in [-0.1, -0.05) is 11.6 Å². The number of thiophene rings is 1. The van der Waals surface area contributed by atoms with E-state index < -0.39 is 5.60 Å². The molecule has 1 aromatic rings. The molecule has 2 rings (SSSR count). The summed E-state index contributed by atoms with van der Waals surface area (Å²) in [5.74, 6) is -0.112. The molecule has 1 saturated heterocycles. The van der Waals surface area contributed by atoms with E-state index in [2.05, 4.69) is 0 Å². The lowest BCUT2D eigenvalue weighted by molar-refractivity contribution is -0.136. The van der Waals surface area contributed by atoms with Gasteiger partial charge in [-0.2, -0.15) is 0 Å². The van der Waals surface area contributed by atoms with E-state index in [1.54, 1.807) is 16.8 Å². The third-order valence-corrected chi connectivity index (χ3v) is 5.04. The third kappa shape index (κ3) is 5.38. The van der Waals surface area contributed by atoms with Crippen LogP contribution in [-0.2, 0) is 16.1 Å². The van der Waals surface area contributed by atoms with Gasteiger partial charge in [-0.3, -0.25) is 4.79 Å². The zero-order valence-corrected chi connectivity index (χ0v) is 16.2. The van der Waals surface area contributed by atoms with E-state index in [1.807, 2.05) is 32.9 Å². The van der Waals surface area contributed by atoms with Crippen LogP contribution in [0.2, 0.25) is 4.34 Å². The second-order valence-electron chi connectivity index (χ2n) is 7.17. The highest BCUT2D eigenvalue weighted by atomic mass is 35.5. The summed E-state index contributed by atoms with van der Waals surface area (Å²) in [6.07, 6.45) is 1.27. The summed E-state index contributed by atoms with van der Waals surface area (Å²) in [5, 5.41) is 0. The molecule has 2 heterocycles. The number of hydrogen-bond acceptors (Lipinski definition) is 4. The van der Waals surface area contributed by atoms with Crippen LogP contribution in [0.5, 0.6) is 0 Å². The van der Waals surface area contributed by atoms with E-state index in [4.69, 9.17) is 16.3 Å². The Balaban J connectivity index is 1.93. The molecule has 1 unspecified atom stereocenters. The number of carbonyl (C=O) groups is 2. The molecular formula is C17H25ClN2O3S. The number of hydrogen-bond donors (Lipinski definition) is 0. The van der Waals surface area contributed by atoms with E-state index in [0.29, 0.717) is 19.6 Å². The molecule has 1 fully saturated rings. The van der Waals surface area contributed by atoms with Crippen LogP contribution >= 0.6 is 22.9 Å². The Kier molecular flexibility index (Phi) is 6.15. The zero-order valence-electron chi connectivity index (χ0n) is 14.7. The Bertz CT molecular complexity index is 597. The molecule has 0 spiro atoms. The summed E-state index contributed by atoms with van der Waals surface area (Å²) in [6, 6.07) is 3.77. The van der Waals surface area contributed by atoms with Gasteiger partial charge in [0.05, 0.1) is 16.8 Å². The molecule has 0 aliphatic carbocycles. The van der Waals surface area contributed by atoms with Gasteiger partial charge in [0, 0.05) is 25.0 Å². The normalized spacial score (nSPS) is 18.4. The number of amides is 2. The van der Waals surface area contributed by atoms with Crippen LogP contribution in [-0.4, -0.2) is 47.5 Å². The summed E-state index contributed by atoms with van der Waals surface area (Å²) in [5.41, 5.74) is -0.525. The van der Waals surface area contributed by atoms with Crippen molar-refractivity contribution < 1.29 is 14.3 Å². The highest BCUT2D eigenvalue weighted by Crippen LogP contribution is 2.25. The Morgan fingerprint density at radius 2 is 2.12 bits per heavy atom. The van der Waals surface area contributed by atoms with Crippen molar-refractivity contribution in [3.63, 3.8) is 0 Å². The summed E-state index contributed by atoms with van der Waals surface area (Å²) in [7, 11) is 1.79. The Morgan fingerprint density at radius 3 is 2.71 bits per heavy atom. The number of nitrogens with zero attached hydrogens (tertiary/aromatic N) is 2. The summed E-state index contributed by atoms with van der Waals surface area (Å²) in [4.78, 5) is 29.3. The molecular weight excluding hydrogens is 348 g/mol. The molecule has 24 heavy (non-hydrogen) atoms. The van der Waals surface area contributed by atoms with E-state index in [-0.39, 0.29) is 17.9 Å². The van der Waals surface area contributed by atoms with Crippen molar-refractivity contribution in [1.29, 1.82) is 0 Å². The van der Waals surface area contributed by atoms with E-state index >= 15 is 0 Å². The fourth-order valence-electron chi connectivity index (χ4n) is 2.73. The fourth-order valence-corrected chi connectivity index (χ4v) is 3.87. The van der Waals surface area contributed by atoms with Crippen LogP contribution < -0.4 is 0 Å². The van der Waals surface area contributed by atoms with Crippen molar-refractivity contribution >= 4 is 34.9 Å². The van der Waals surface area contributed by atoms with E-state index in [1.165, 1.54) is 11.3 Å². The maximum absolute atomic E-state index is 12.7. The summed E-state index contributed by atoms with van der Waals surface area (Å²) >= 11 is 7.41. The van der Waals surface area contributed by atoms with Gasteiger partial charge in [0.2, 0.25) is 5.91 Å². The van der Waals surface area contributed by atoms with Crippen LogP contribution in [0.1, 0.15) is 38.5 Å². The molecule has 0 radical (unpaired) electrons. The SMILES string of the molecule is CN(Cc1ccc(Cl)s1)C(=O)C1CCCN(C(=O)OC(C)(C)C)C1. The summed E-state index contributed by atoms with van der Waals surface area (Å²) in [6.45, 7) is 7.14. The first-order chi connectivity index (χ1) is 11.2. The number of halogens is 1. The first-order valence-electron chi connectivity index (χ1n) is 8.13. The number of likely N-dealkylation sites (tertiary alicyclic amines) is 1. The predicted molar refractivity (Wildman–Crippen MR) is 96.3 cm³/mol. The Hall–Kier alpha value is -1.27. The lowest BCUT2D eigenvalue weighted by atomic mass is 9.97. The number of ether oxygens (including phenoxy) is 1. The molecule has 0 saturated carbocycles. The predicted octanol–water partition coefficient (Wildman–Crippen LogP) is 4.01. The minimum Gasteiger partial charge on any atom is -0.444 e. The molecule has 7 heteroatoms. The first-order valence-corrected chi connectivity index (χ1v) is 9.32. The Morgan fingerprint density at radius 1 is 1.42 bits per heavy atom. The lowest BCUT2D eigenvalue weighted by Crippen LogP contribution is -2.47. The van der Waals surface area contributed by atoms with Crippen LogP contribution in [0.25, 0.3) is 0 Å². The fraction of sp³-hybridized carbons (Fsp3) is 0.647. The summed E-state index contributed by atoms with van der Waals surface area (Å²) < 4.78 is 6.14. The standard InChI is InChI=1S/C17H25ClN2O3S/c1-17(2,3)23-16(22)20-9-5-6-12(10-20)15(21)19(4)11-13-7-8-14(18)24-13/h7-8,12H,5-6,9-11H2,1-4H3. The molecule has 1 aliphatic heterocycles. The van der Waals surface area contributed by atoms with Gasteiger partial charge in [0.25, 0.3) is 0 Å². The van der Waals surface area contributed by atoms with Crippen LogP contribution in [0.3, 0.4) is 0 Å². The quantitative estimate of drug-likeness (QED) is 0.805. The first kappa shape index (κ1) is 19.1. The van der Waals surface area contributed by atoms with Gasteiger partial charge in [0.15, 0.2) is 0 Å². The molecule has 134 valence electrons. The van der Waals surface area contributed by atoms with Gasteiger partial charge in [-0.15, -0.1) is 11.3 Å². The molecule has 1 aliphatic rings. The molecule has 1 aromatic heterocycles. The average molecular weight is 373 g/mol. The van der Waals surface area contributed by atoms with Crippen molar-refractivity contribution in [3.8, 4) is 0 Å². The van der Waals surface area contributed by atoms with Crippen LogP contribution in [0.4, 0.5) is 4.79 Å². The van der Waals surface area contributed by atoms with Crippen molar-refractivity contribution in [1.82, 2.24) is 9.80 Å². The van der Waals surface area contributed by atoms with Gasteiger partial charge >= 0.3 is 6.09 Å². The monoisotopic (exact) mass is 372 g/mol. The molecule has 1 atom stereocenters. The van der Waals surface area contributed by atoms with Crippen LogP contribution in [0.15, 0.2) is 12.1 Å². The maximum Gasteiger partial charge on any atom is 0.410 e. The second-order valence-corrected chi connectivity index (χ2v) is 8.97. The highest BCUT2D eigenvalue weighted by molar-refractivity contribution is 7.16. The smallest absolute Gasteiger partial charge is 0.410 e. The third-order valence-electron chi connectivity index (χ3n) is 3.82. The molecule has 0 N–H and O–H groups in total. The van der Waals surface area contributed by atoms with Crippen molar-refractivity contribution in [2.45, 2.75) is 45.8 Å². The minimum atomic E-state index is -0.525. The molecule has 0 bridgehead atoms. The maximum atomic E-state index is 12.7. The highest BCUT2D eigenvalue weighted by Gasteiger charge is 2.32.